The van der Waals surface area contributed by atoms with E-state index in [-0.39, 0.29) is 12.5 Å². The van der Waals surface area contributed by atoms with Crippen molar-refractivity contribution in [2.24, 2.45) is 0 Å². The lowest BCUT2D eigenvalue weighted by Gasteiger charge is -2.51. The van der Waals surface area contributed by atoms with E-state index in [0.29, 0.717) is 39.0 Å². The summed E-state index contributed by atoms with van der Waals surface area (Å²) in [4.78, 5) is 14.2. The van der Waals surface area contributed by atoms with Gasteiger partial charge in [0.05, 0.1) is 12.2 Å². The molecule has 2 heterocycles. The van der Waals surface area contributed by atoms with Gasteiger partial charge < -0.3 is 24.6 Å². The molecule has 1 spiro atoms. The summed E-state index contributed by atoms with van der Waals surface area (Å²) in [5, 5.41) is 20.9. The van der Waals surface area contributed by atoms with Gasteiger partial charge in [0.15, 0.2) is 6.61 Å². The van der Waals surface area contributed by atoms with Gasteiger partial charge in [-0.1, -0.05) is 12.1 Å². The van der Waals surface area contributed by atoms with Gasteiger partial charge in [-0.3, -0.25) is 4.79 Å². The molecular formula is C20H29NO5. The van der Waals surface area contributed by atoms with Gasteiger partial charge >= 0.3 is 0 Å². The Labute approximate surface area is 154 Å². The Morgan fingerprint density at radius 3 is 2.69 bits per heavy atom. The molecule has 0 saturated carbocycles. The summed E-state index contributed by atoms with van der Waals surface area (Å²) < 4.78 is 11.6. The first-order valence-electron chi connectivity index (χ1n) is 9.26. The first-order valence-corrected chi connectivity index (χ1v) is 9.26. The van der Waals surface area contributed by atoms with Crippen LogP contribution in [0.3, 0.4) is 0 Å². The maximum absolute atomic E-state index is 12.5. The second kappa shape index (κ2) is 7.18. The Morgan fingerprint density at radius 1 is 1.31 bits per heavy atom. The van der Waals surface area contributed by atoms with Crippen molar-refractivity contribution >= 4 is 5.91 Å². The Kier molecular flexibility index (Phi) is 5.28. The lowest BCUT2D eigenvalue weighted by atomic mass is 9.75. The largest absolute Gasteiger partial charge is 0.483 e. The molecule has 2 aliphatic rings. The first-order chi connectivity index (χ1) is 12.3. The van der Waals surface area contributed by atoms with E-state index in [4.69, 9.17) is 9.47 Å². The molecule has 0 aliphatic carbocycles. The number of amides is 1. The van der Waals surface area contributed by atoms with Crippen molar-refractivity contribution in [1.82, 2.24) is 4.90 Å². The standard InChI is InChI=1S/C20H29NO5/c1-14-5-4-6-16(15(14)2)25-13-17(22)21-10-7-20(8-11-21)18(23)19(3,24)9-12-26-20/h4-6,18,23-24H,7-13H2,1-3H3/t18-,19+/m0/s1. The highest BCUT2D eigenvalue weighted by Gasteiger charge is 2.52. The number of piperidine rings is 1. The zero-order valence-corrected chi connectivity index (χ0v) is 15.8. The Morgan fingerprint density at radius 2 is 2.00 bits per heavy atom. The first kappa shape index (κ1) is 19.1. The molecule has 144 valence electrons. The fourth-order valence-electron chi connectivity index (χ4n) is 3.91. The van der Waals surface area contributed by atoms with Gasteiger partial charge in [0.2, 0.25) is 0 Å². The van der Waals surface area contributed by atoms with E-state index >= 15 is 0 Å². The number of aryl methyl sites for hydroxylation is 1. The van der Waals surface area contributed by atoms with Crippen LogP contribution in [0.5, 0.6) is 5.75 Å². The van der Waals surface area contributed by atoms with Crippen LogP contribution in [-0.4, -0.2) is 64.6 Å². The van der Waals surface area contributed by atoms with Crippen molar-refractivity contribution in [3.63, 3.8) is 0 Å². The molecular weight excluding hydrogens is 334 g/mol. The molecule has 2 aliphatic heterocycles. The monoisotopic (exact) mass is 363 g/mol. The lowest BCUT2D eigenvalue weighted by Crippen LogP contribution is -2.64. The van der Waals surface area contributed by atoms with E-state index in [9.17, 15) is 15.0 Å². The number of carbonyl (C=O) groups is 1. The second-order valence-electron chi connectivity index (χ2n) is 7.79. The summed E-state index contributed by atoms with van der Waals surface area (Å²) in [6, 6.07) is 5.80. The van der Waals surface area contributed by atoms with E-state index in [0.717, 1.165) is 16.9 Å². The summed E-state index contributed by atoms with van der Waals surface area (Å²) in [5.74, 6) is 0.659. The summed E-state index contributed by atoms with van der Waals surface area (Å²) in [7, 11) is 0. The molecule has 0 radical (unpaired) electrons. The molecule has 6 nitrogen and oxygen atoms in total. The predicted molar refractivity (Wildman–Crippen MR) is 97.2 cm³/mol. The van der Waals surface area contributed by atoms with E-state index in [1.54, 1.807) is 11.8 Å². The highest BCUT2D eigenvalue weighted by Crippen LogP contribution is 2.39. The molecule has 2 fully saturated rings. The van der Waals surface area contributed by atoms with Crippen LogP contribution in [0.4, 0.5) is 0 Å². The number of ether oxygens (including phenoxy) is 2. The summed E-state index contributed by atoms with van der Waals surface area (Å²) in [6.07, 6.45) is 0.508. The Hall–Kier alpha value is -1.63. The molecule has 2 atom stereocenters. The number of nitrogens with zero attached hydrogens (tertiary/aromatic N) is 1. The average molecular weight is 363 g/mol. The normalized spacial score (nSPS) is 28.2. The van der Waals surface area contributed by atoms with E-state index < -0.39 is 17.3 Å². The maximum Gasteiger partial charge on any atom is 0.260 e. The molecule has 26 heavy (non-hydrogen) atoms. The topological polar surface area (TPSA) is 79.2 Å². The van der Waals surface area contributed by atoms with Gasteiger partial charge in [-0.2, -0.15) is 0 Å². The Bertz CT molecular complexity index is 664. The molecule has 0 aromatic heterocycles. The van der Waals surface area contributed by atoms with Crippen LogP contribution in [0.15, 0.2) is 18.2 Å². The second-order valence-corrected chi connectivity index (χ2v) is 7.79. The molecule has 2 saturated heterocycles. The third-order valence-corrected chi connectivity index (χ3v) is 5.95. The van der Waals surface area contributed by atoms with Crippen LogP contribution in [0.2, 0.25) is 0 Å². The fraction of sp³-hybridized carbons (Fsp3) is 0.650. The number of likely N-dealkylation sites (tertiary alicyclic amines) is 1. The zero-order chi connectivity index (χ0) is 18.9. The van der Waals surface area contributed by atoms with Gasteiger partial charge in [-0.25, -0.2) is 0 Å². The minimum Gasteiger partial charge on any atom is -0.483 e. The lowest BCUT2D eigenvalue weighted by molar-refractivity contribution is -0.245. The van der Waals surface area contributed by atoms with E-state index in [1.165, 1.54) is 0 Å². The van der Waals surface area contributed by atoms with E-state index in [1.807, 2.05) is 32.0 Å². The molecule has 3 rings (SSSR count). The number of benzene rings is 1. The summed E-state index contributed by atoms with van der Waals surface area (Å²) in [6.45, 7) is 7.04. The van der Waals surface area contributed by atoms with Crippen LogP contribution in [0.25, 0.3) is 0 Å². The van der Waals surface area contributed by atoms with E-state index in [2.05, 4.69) is 0 Å². The maximum atomic E-state index is 12.5. The van der Waals surface area contributed by atoms with Crippen molar-refractivity contribution < 1.29 is 24.5 Å². The molecule has 1 aromatic rings. The minimum absolute atomic E-state index is 0.00157. The average Bonchev–Trinajstić information content (AvgIpc) is 2.61. The zero-order valence-electron chi connectivity index (χ0n) is 15.8. The molecule has 2 N–H and O–H groups in total. The van der Waals surface area contributed by atoms with Gasteiger partial charge in [-0.05, 0) is 50.8 Å². The van der Waals surface area contributed by atoms with Gasteiger partial charge in [0.25, 0.3) is 5.91 Å². The van der Waals surface area contributed by atoms with Gasteiger partial charge in [-0.15, -0.1) is 0 Å². The summed E-state index contributed by atoms with van der Waals surface area (Å²) in [5.41, 5.74) is 0.271. The quantitative estimate of drug-likeness (QED) is 0.852. The van der Waals surface area contributed by atoms with Crippen LogP contribution in [0, 0.1) is 13.8 Å². The highest BCUT2D eigenvalue weighted by atomic mass is 16.5. The molecule has 0 unspecified atom stereocenters. The molecule has 0 bridgehead atoms. The number of rotatable bonds is 3. The minimum atomic E-state index is -1.14. The number of hydrogen-bond acceptors (Lipinski definition) is 5. The number of aliphatic hydroxyl groups is 2. The predicted octanol–water partition coefficient (Wildman–Crippen LogP) is 1.58. The van der Waals surface area contributed by atoms with Crippen molar-refractivity contribution in [1.29, 1.82) is 0 Å². The SMILES string of the molecule is Cc1cccc(OCC(=O)N2CCC3(CC2)OCC[C@@](C)(O)[C@@H]3O)c1C. The van der Waals surface area contributed by atoms with Crippen LogP contribution >= 0.6 is 0 Å². The number of aliphatic hydroxyl groups excluding tert-OH is 1. The fourth-order valence-corrected chi connectivity index (χ4v) is 3.91. The van der Waals surface area contributed by atoms with Crippen LogP contribution in [0.1, 0.15) is 37.3 Å². The third-order valence-electron chi connectivity index (χ3n) is 5.95. The summed E-state index contributed by atoms with van der Waals surface area (Å²) >= 11 is 0. The van der Waals surface area contributed by atoms with Crippen molar-refractivity contribution in [2.75, 3.05) is 26.3 Å². The molecule has 1 amide bonds. The third kappa shape index (κ3) is 3.59. The number of carbonyl (C=O) groups excluding carboxylic acids is 1. The van der Waals surface area contributed by atoms with Gasteiger partial charge in [0.1, 0.15) is 17.5 Å². The Balaban J connectivity index is 1.56. The van der Waals surface area contributed by atoms with Crippen molar-refractivity contribution in [3.8, 4) is 5.75 Å². The molecule has 6 heteroatoms. The smallest absolute Gasteiger partial charge is 0.260 e. The highest BCUT2D eigenvalue weighted by molar-refractivity contribution is 5.78. The van der Waals surface area contributed by atoms with Crippen molar-refractivity contribution in [3.05, 3.63) is 29.3 Å². The van der Waals surface area contributed by atoms with Crippen LogP contribution in [-0.2, 0) is 9.53 Å². The molecule has 1 aromatic carbocycles. The van der Waals surface area contributed by atoms with Crippen molar-refractivity contribution in [2.45, 2.75) is 57.3 Å². The number of hydrogen-bond donors (Lipinski definition) is 2. The van der Waals surface area contributed by atoms with Gasteiger partial charge in [0, 0.05) is 19.5 Å². The van der Waals surface area contributed by atoms with Crippen LogP contribution < -0.4 is 4.74 Å².